The van der Waals surface area contributed by atoms with Crippen molar-refractivity contribution >= 4 is 16.7 Å². The van der Waals surface area contributed by atoms with Crippen molar-refractivity contribution in [2.24, 2.45) is 0 Å². The molecular formula is C17H19N5. The van der Waals surface area contributed by atoms with Crippen molar-refractivity contribution in [3.8, 4) is 0 Å². The summed E-state index contributed by atoms with van der Waals surface area (Å²) in [4.78, 5) is 14.9. The summed E-state index contributed by atoms with van der Waals surface area (Å²) in [7, 11) is 0. The smallest absolute Gasteiger partial charge is 0.145 e. The molecule has 112 valence electrons. The van der Waals surface area contributed by atoms with Gasteiger partial charge in [0.15, 0.2) is 0 Å². The maximum absolute atomic E-state index is 6.08. The van der Waals surface area contributed by atoms with Crippen LogP contribution in [0, 0.1) is 0 Å². The molecule has 5 nitrogen and oxygen atoms in total. The second kappa shape index (κ2) is 5.42. The van der Waals surface area contributed by atoms with Crippen molar-refractivity contribution in [2.75, 3.05) is 12.3 Å². The van der Waals surface area contributed by atoms with E-state index in [1.54, 1.807) is 0 Å². The van der Waals surface area contributed by atoms with Crippen LogP contribution < -0.4 is 5.73 Å². The lowest BCUT2D eigenvalue weighted by Crippen LogP contribution is -2.24. The van der Waals surface area contributed by atoms with Crippen LogP contribution in [0.2, 0.25) is 0 Å². The van der Waals surface area contributed by atoms with E-state index in [1.165, 1.54) is 18.5 Å². The predicted molar refractivity (Wildman–Crippen MR) is 87.1 cm³/mol. The van der Waals surface area contributed by atoms with Crippen molar-refractivity contribution in [2.45, 2.75) is 25.4 Å². The number of nitrogen functional groups attached to an aromatic ring is 1. The van der Waals surface area contributed by atoms with Crippen LogP contribution in [0.1, 0.15) is 30.4 Å². The molecule has 3 aromatic rings. The van der Waals surface area contributed by atoms with Gasteiger partial charge < -0.3 is 10.7 Å². The molecule has 5 heteroatoms. The van der Waals surface area contributed by atoms with Gasteiger partial charge in [-0.3, -0.25) is 4.90 Å². The van der Waals surface area contributed by atoms with Gasteiger partial charge in [-0.2, -0.15) is 0 Å². The fraction of sp³-hybridized carbons (Fsp3) is 0.294. The van der Waals surface area contributed by atoms with E-state index in [4.69, 9.17) is 5.73 Å². The van der Waals surface area contributed by atoms with Crippen LogP contribution >= 0.6 is 0 Å². The number of nitrogens with two attached hydrogens (primary N) is 1. The first kappa shape index (κ1) is 13.3. The van der Waals surface area contributed by atoms with Gasteiger partial charge in [-0.05, 0) is 43.7 Å². The van der Waals surface area contributed by atoms with Gasteiger partial charge in [0.2, 0.25) is 0 Å². The van der Waals surface area contributed by atoms with E-state index in [2.05, 4.69) is 32.0 Å². The summed E-state index contributed by atoms with van der Waals surface area (Å²) in [5, 5.41) is 0.925. The average Bonchev–Trinajstić information content (AvgIpc) is 3.18. The standard InChI is InChI=1S/C17H19N5/c18-17-12-5-1-2-6-13(12)20-16(21-17)11-22-10-4-8-15(22)14-7-3-9-19-14/h1-3,5-7,9,15,19H,4,8,10-11H2,(H2,18,20,21). The summed E-state index contributed by atoms with van der Waals surface area (Å²) in [6, 6.07) is 12.5. The Hall–Kier alpha value is -2.40. The molecule has 3 heterocycles. The van der Waals surface area contributed by atoms with Crippen LogP contribution in [-0.2, 0) is 6.54 Å². The Morgan fingerprint density at radius 2 is 2.09 bits per heavy atom. The Labute approximate surface area is 129 Å². The fourth-order valence-electron chi connectivity index (χ4n) is 3.32. The summed E-state index contributed by atoms with van der Waals surface area (Å²) in [6.45, 7) is 1.80. The molecule has 3 N–H and O–H groups in total. The highest BCUT2D eigenvalue weighted by Crippen LogP contribution is 2.32. The molecule has 2 aromatic heterocycles. The Bertz CT molecular complexity index is 781. The molecule has 1 fully saturated rings. The number of aromatic amines is 1. The van der Waals surface area contributed by atoms with E-state index in [1.807, 2.05) is 30.5 Å². The Balaban J connectivity index is 1.63. The van der Waals surface area contributed by atoms with Crippen molar-refractivity contribution in [3.63, 3.8) is 0 Å². The number of anilines is 1. The molecule has 1 atom stereocenters. The topological polar surface area (TPSA) is 70.8 Å². The monoisotopic (exact) mass is 293 g/mol. The number of hydrogen-bond donors (Lipinski definition) is 2. The molecule has 1 aliphatic rings. The summed E-state index contributed by atoms with van der Waals surface area (Å²) < 4.78 is 0. The molecule has 1 saturated heterocycles. The molecule has 0 aliphatic carbocycles. The minimum Gasteiger partial charge on any atom is -0.383 e. The van der Waals surface area contributed by atoms with Crippen LogP contribution in [0.15, 0.2) is 42.6 Å². The Morgan fingerprint density at radius 3 is 2.95 bits per heavy atom. The first-order valence-corrected chi connectivity index (χ1v) is 7.70. The summed E-state index contributed by atoms with van der Waals surface area (Å²) >= 11 is 0. The maximum atomic E-state index is 6.08. The van der Waals surface area contributed by atoms with Crippen LogP contribution in [0.25, 0.3) is 10.9 Å². The molecule has 4 rings (SSSR count). The largest absolute Gasteiger partial charge is 0.383 e. The van der Waals surface area contributed by atoms with Gasteiger partial charge in [-0.1, -0.05) is 12.1 Å². The Kier molecular flexibility index (Phi) is 3.27. The van der Waals surface area contributed by atoms with E-state index in [0.29, 0.717) is 11.9 Å². The number of H-pyrrole nitrogens is 1. The molecule has 1 unspecified atom stereocenters. The van der Waals surface area contributed by atoms with Crippen molar-refractivity contribution in [3.05, 3.63) is 54.1 Å². The predicted octanol–water partition coefficient (Wildman–Crippen LogP) is 2.88. The second-order valence-corrected chi connectivity index (χ2v) is 5.80. The van der Waals surface area contributed by atoms with Gasteiger partial charge in [0.05, 0.1) is 18.1 Å². The zero-order valence-electron chi connectivity index (χ0n) is 12.4. The normalized spacial score (nSPS) is 19.0. The number of para-hydroxylation sites is 1. The zero-order valence-corrected chi connectivity index (χ0v) is 12.4. The number of fused-ring (bicyclic) bond motifs is 1. The number of likely N-dealkylation sites (tertiary alicyclic amines) is 1. The lowest BCUT2D eigenvalue weighted by molar-refractivity contribution is 0.239. The van der Waals surface area contributed by atoms with Gasteiger partial charge in [-0.25, -0.2) is 9.97 Å². The highest BCUT2D eigenvalue weighted by molar-refractivity contribution is 5.87. The van der Waals surface area contributed by atoms with E-state index >= 15 is 0 Å². The quantitative estimate of drug-likeness (QED) is 0.779. The van der Waals surface area contributed by atoms with E-state index in [9.17, 15) is 0 Å². The van der Waals surface area contributed by atoms with Crippen molar-refractivity contribution in [1.82, 2.24) is 19.9 Å². The molecule has 0 amide bonds. The number of hydrogen-bond acceptors (Lipinski definition) is 4. The number of benzene rings is 1. The van der Waals surface area contributed by atoms with Crippen LogP contribution in [0.4, 0.5) is 5.82 Å². The van der Waals surface area contributed by atoms with Gasteiger partial charge in [0.1, 0.15) is 11.6 Å². The SMILES string of the molecule is Nc1nc(CN2CCCC2c2ccc[nH]2)nc2ccccc12. The van der Waals surface area contributed by atoms with Crippen LogP contribution in [0.5, 0.6) is 0 Å². The highest BCUT2D eigenvalue weighted by Gasteiger charge is 2.27. The van der Waals surface area contributed by atoms with Crippen LogP contribution in [-0.4, -0.2) is 26.4 Å². The minimum absolute atomic E-state index is 0.422. The van der Waals surface area contributed by atoms with Gasteiger partial charge in [0.25, 0.3) is 0 Å². The number of nitrogens with one attached hydrogen (secondary N) is 1. The lowest BCUT2D eigenvalue weighted by atomic mass is 10.1. The molecule has 1 aromatic carbocycles. The zero-order chi connectivity index (χ0) is 14.9. The average molecular weight is 293 g/mol. The lowest BCUT2D eigenvalue weighted by Gasteiger charge is -2.23. The number of aromatic nitrogens is 3. The van der Waals surface area contributed by atoms with Gasteiger partial charge in [0, 0.05) is 17.3 Å². The number of rotatable bonds is 3. The summed E-state index contributed by atoms with van der Waals surface area (Å²) in [5.74, 6) is 1.37. The van der Waals surface area contributed by atoms with E-state index in [-0.39, 0.29) is 0 Å². The molecular weight excluding hydrogens is 274 g/mol. The molecule has 0 saturated carbocycles. The number of nitrogens with zero attached hydrogens (tertiary/aromatic N) is 3. The molecule has 1 aliphatic heterocycles. The van der Waals surface area contributed by atoms with Gasteiger partial charge in [-0.15, -0.1) is 0 Å². The first-order valence-electron chi connectivity index (χ1n) is 7.70. The maximum Gasteiger partial charge on any atom is 0.145 e. The van der Waals surface area contributed by atoms with Crippen molar-refractivity contribution in [1.29, 1.82) is 0 Å². The molecule has 0 bridgehead atoms. The fourth-order valence-corrected chi connectivity index (χ4v) is 3.32. The van der Waals surface area contributed by atoms with Crippen molar-refractivity contribution < 1.29 is 0 Å². The molecule has 22 heavy (non-hydrogen) atoms. The summed E-state index contributed by atoms with van der Waals surface area (Å²) in [5.41, 5.74) is 8.27. The van der Waals surface area contributed by atoms with E-state index in [0.717, 1.165) is 29.8 Å². The first-order chi connectivity index (χ1) is 10.8. The highest BCUT2D eigenvalue weighted by atomic mass is 15.2. The third-order valence-corrected chi connectivity index (χ3v) is 4.37. The molecule has 0 radical (unpaired) electrons. The Morgan fingerprint density at radius 1 is 1.18 bits per heavy atom. The second-order valence-electron chi connectivity index (χ2n) is 5.80. The van der Waals surface area contributed by atoms with Crippen LogP contribution in [0.3, 0.4) is 0 Å². The minimum atomic E-state index is 0.422. The van der Waals surface area contributed by atoms with Gasteiger partial charge >= 0.3 is 0 Å². The third-order valence-electron chi connectivity index (χ3n) is 4.37. The van der Waals surface area contributed by atoms with E-state index < -0.39 is 0 Å². The molecule has 0 spiro atoms. The third kappa shape index (κ3) is 2.33. The summed E-state index contributed by atoms with van der Waals surface area (Å²) in [6.07, 6.45) is 4.35.